The molecule has 2 heteroatoms. The van der Waals surface area contributed by atoms with Crippen LogP contribution in [0.5, 0.6) is 0 Å². The van der Waals surface area contributed by atoms with Crippen LogP contribution >= 0.6 is 45.2 Å². The van der Waals surface area contributed by atoms with E-state index in [0.717, 1.165) is 0 Å². The van der Waals surface area contributed by atoms with E-state index in [-0.39, 0.29) is 5.41 Å². The van der Waals surface area contributed by atoms with Gasteiger partial charge in [-0.2, -0.15) is 0 Å². The Morgan fingerprint density at radius 2 is 1.00 bits per heavy atom. The molecule has 0 saturated carbocycles. The Bertz CT molecular complexity index is 742. The molecule has 0 atom stereocenters. The molecule has 0 nitrogen and oxygen atoms in total. The number of hydrogen-bond acceptors (Lipinski definition) is 0. The average Bonchev–Trinajstić information content (AvgIpc) is 2.97. The molecule has 0 bridgehead atoms. The Morgan fingerprint density at radius 3 is 1.48 bits per heavy atom. The van der Waals surface area contributed by atoms with Crippen LogP contribution in [0.25, 0.3) is 11.1 Å². The average molecular weight is 614 g/mol. The third-order valence-corrected chi connectivity index (χ3v) is 8.04. The van der Waals surface area contributed by atoms with Crippen LogP contribution in [0.15, 0.2) is 36.4 Å². The molecule has 0 radical (unpaired) electrons. The van der Waals surface area contributed by atoms with Crippen LogP contribution < -0.4 is 0 Å². The second-order valence-corrected chi connectivity index (χ2v) is 11.3. The topological polar surface area (TPSA) is 0 Å². The molecule has 2 aromatic carbocycles. The van der Waals surface area contributed by atoms with Gasteiger partial charge in [0, 0.05) is 12.6 Å². The first kappa shape index (κ1) is 23.6. The normalized spacial score (nSPS) is 14.1. The maximum atomic E-state index is 2.51. The van der Waals surface area contributed by atoms with E-state index in [2.05, 4.69) is 95.4 Å². The second-order valence-electron chi connectivity index (χ2n) is 8.79. The maximum Gasteiger partial charge on any atom is 0.0216 e. The monoisotopic (exact) mass is 614 g/mol. The SMILES string of the molecule is CCCCCCCCC1(CCCCCC)c2cc(I)ccc2-c2ccc(I)cc21. The Morgan fingerprint density at radius 1 is 0.586 bits per heavy atom. The highest BCUT2D eigenvalue weighted by Gasteiger charge is 2.42. The fourth-order valence-electron chi connectivity index (χ4n) is 5.16. The van der Waals surface area contributed by atoms with Crippen molar-refractivity contribution < 1.29 is 0 Å². The molecule has 0 amide bonds. The van der Waals surface area contributed by atoms with Gasteiger partial charge in [-0.15, -0.1) is 0 Å². The Hall–Kier alpha value is -0.100. The van der Waals surface area contributed by atoms with Gasteiger partial charge in [0.1, 0.15) is 0 Å². The van der Waals surface area contributed by atoms with E-state index in [1.54, 1.807) is 11.1 Å². The van der Waals surface area contributed by atoms with E-state index in [4.69, 9.17) is 0 Å². The van der Waals surface area contributed by atoms with Crippen molar-refractivity contribution in [1.29, 1.82) is 0 Å². The van der Waals surface area contributed by atoms with Gasteiger partial charge in [0.25, 0.3) is 0 Å². The molecule has 0 heterocycles. The number of fused-ring (bicyclic) bond motifs is 3. The third-order valence-electron chi connectivity index (χ3n) is 6.70. The lowest BCUT2D eigenvalue weighted by Gasteiger charge is -2.33. The highest BCUT2D eigenvalue weighted by Crippen LogP contribution is 2.54. The lowest BCUT2D eigenvalue weighted by Crippen LogP contribution is -2.25. The van der Waals surface area contributed by atoms with Crippen molar-refractivity contribution in [1.82, 2.24) is 0 Å². The first-order valence-electron chi connectivity index (χ1n) is 11.7. The molecule has 0 saturated heterocycles. The number of rotatable bonds is 12. The van der Waals surface area contributed by atoms with Crippen LogP contribution in [-0.2, 0) is 5.41 Å². The summed E-state index contributed by atoms with van der Waals surface area (Å²) in [4.78, 5) is 0. The molecule has 0 N–H and O–H groups in total. The van der Waals surface area contributed by atoms with Crippen molar-refractivity contribution in [3.05, 3.63) is 54.7 Å². The van der Waals surface area contributed by atoms with Gasteiger partial charge in [0.15, 0.2) is 0 Å². The van der Waals surface area contributed by atoms with Crippen molar-refractivity contribution in [2.75, 3.05) is 0 Å². The minimum atomic E-state index is 0.228. The van der Waals surface area contributed by atoms with Crippen LogP contribution in [-0.4, -0.2) is 0 Å². The summed E-state index contributed by atoms with van der Waals surface area (Å²) in [5.74, 6) is 0. The second kappa shape index (κ2) is 11.5. The third kappa shape index (κ3) is 5.58. The fraction of sp³-hybridized carbons (Fsp3) is 0.556. The van der Waals surface area contributed by atoms with E-state index < -0.39 is 0 Å². The zero-order valence-electron chi connectivity index (χ0n) is 18.2. The summed E-state index contributed by atoms with van der Waals surface area (Å²) >= 11 is 5.01. The molecule has 0 aromatic heterocycles. The minimum Gasteiger partial charge on any atom is -0.0654 e. The van der Waals surface area contributed by atoms with Gasteiger partial charge < -0.3 is 0 Å². The summed E-state index contributed by atoms with van der Waals surface area (Å²) in [6.07, 6.45) is 16.3. The summed E-state index contributed by atoms with van der Waals surface area (Å²) in [6, 6.07) is 14.4. The predicted molar refractivity (Wildman–Crippen MR) is 145 cm³/mol. The predicted octanol–water partition coefficient (Wildman–Crippen LogP) is 9.88. The number of benzene rings is 2. The molecule has 29 heavy (non-hydrogen) atoms. The highest BCUT2D eigenvalue weighted by molar-refractivity contribution is 14.1. The van der Waals surface area contributed by atoms with Gasteiger partial charge in [0.2, 0.25) is 0 Å². The Balaban J connectivity index is 1.92. The van der Waals surface area contributed by atoms with Crippen LogP contribution in [0, 0.1) is 7.14 Å². The lowest BCUT2D eigenvalue weighted by molar-refractivity contribution is 0.399. The quantitative estimate of drug-likeness (QED) is 0.165. The fourth-order valence-corrected chi connectivity index (χ4v) is 6.15. The molecule has 2 aromatic rings. The van der Waals surface area contributed by atoms with Crippen LogP contribution in [0.2, 0.25) is 0 Å². The molecular formula is C27H36I2. The molecule has 0 spiro atoms. The lowest BCUT2D eigenvalue weighted by atomic mass is 9.70. The van der Waals surface area contributed by atoms with Gasteiger partial charge >= 0.3 is 0 Å². The zero-order chi connectivity index (χ0) is 20.7. The summed E-state index contributed by atoms with van der Waals surface area (Å²) in [5.41, 5.74) is 6.46. The molecule has 1 aliphatic rings. The van der Waals surface area contributed by atoms with Crippen molar-refractivity contribution in [2.45, 2.75) is 96.3 Å². The summed E-state index contributed by atoms with van der Waals surface area (Å²) in [5, 5.41) is 0. The van der Waals surface area contributed by atoms with E-state index in [0.29, 0.717) is 0 Å². The van der Waals surface area contributed by atoms with Crippen molar-refractivity contribution in [2.24, 2.45) is 0 Å². The number of halogens is 2. The first-order valence-corrected chi connectivity index (χ1v) is 13.9. The van der Waals surface area contributed by atoms with Crippen LogP contribution in [0.4, 0.5) is 0 Å². The van der Waals surface area contributed by atoms with Crippen molar-refractivity contribution in [3.63, 3.8) is 0 Å². The molecule has 0 unspecified atom stereocenters. The Labute approximate surface area is 205 Å². The standard InChI is InChI=1S/C27H36I2/c1-3-5-7-9-10-12-18-27(17-11-8-6-4-2)25-19-21(28)13-15-23(25)24-16-14-22(29)20-26(24)27/h13-16,19-20H,3-12,17-18H2,1-2H3. The maximum absolute atomic E-state index is 2.51. The van der Waals surface area contributed by atoms with Crippen LogP contribution in [0.3, 0.4) is 0 Å². The smallest absolute Gasteiger partial charge is 0.0216 e. The minimum absolute atomic E-state index is 0.228. The number of hydrogen-bond donors (Lipinski definition) is 0. The molecule has 158 valence electrons. The molecule has 0 fully saturated rings. The largest absolute Gasteiger partial charge is 0.0654 e. The summed E-state index contributed by atoms with van der Waals surface area (Å²) in [7, 11) is 0. The molecule has 1 aliphatic carbocycles. The molecule has 0 aliphatic heterocycles. The van der Waals surface area contributed by atoms with E-state index in [9.17, 15) is 0 Å². The number of unbranched alkanes of at least 4 members (excludes halogenated alkanes) is 8. The van der Waals surface area contributed by atoms with Gasteiger partial charge in [-0.3, -0.25) is 0 Å². The first-order chi connectivity index (χ1) is 14.1. The Kier molecular flexibility index (Phi) is 9.34. The van der Waals surface area contributed by atoms with Gasteiger partial charge in [0.05, 0.1) is 0 Å². The van der Waals surface area contributed by atoms with E-state index in [1.807, 2.05) is 0 Å². The highest BCUT2D eigenvalue weighted by atomic mass is 127. The van der Waals surface area contributed by atoms with Gasteiger partial charge in [-0.1, -0.05) is 90.2 Å². The molecular weight excluding hydrogens is 578 g/mol. The van der Waals surface area contributed by atoms with Crippen molar-refractivity contribution in [3.8, 4) is 11.1 Å². The van der Waals surface area contributed by atoms with Gasteiger partial charge in [-0.25, -0.2) is 0 Å². The van der Waals surface area contributed by atoms with Crippen LogP contribution in [0.1, 0.15) is 102 Å². The molecule has 3 rings (SSSR count). The van der Waals surface area contributed by atoms with E-state index >= 15 is 0 Å². The van der Waals surface area contributed by atoms with E-state index in [1.165, 1.54) is 95.3 Å². The zero-order valence-corrected chi connectivity index (χ0v) is 22.5. The van der Waals surface area contributed by atoms with Crippen molar-refractivity contribution >= 4 is 45.2 Å². The summed E-state index contributed by atoms with van der Waals surface area (Å²) in [6.45, 7) is 4.62. The summed E-state index contributed by atoms with van der Waals surface area (Å²) < 4.78 is 2.76. The van der Waals surface area contributed by atoms with Gasteiger partial charge in [-0.05, 0) is 105 Å².